The summed E-state index contributed by atoms with van der Waals surface area (Å²) in [5.74, 6) is 0.544. The van der Waals surface area contributed by atoms with Crippen molar-refractivity contribution >= 4 is 27.4 Å². The Hall–Kier alpha value is -1.49. The molecule has 0 fully saturated rings. The molecule has 0 aliphatic carbocycles. The second-order valence-corrected chi connectivity index (χ2v) is 2.98. The van der Waals surface area contributed by atoms with Crippen LogP contribution in [0.15, 0.2) is 10.5 Å². The average molecular weight is 191 g/mol. The third-order valence-electron chi connectivity index (χ3n) is 2.00. The zero-order chi connectivity index (χ0) is 9.00. The monoisotopic (exact) mass is 191 g/mol. The highest BCUT2D eigenvalue weighted by molar-refractivity contribution is 6.11. The fourth-order valence-electron chi connectivity index (χ4n) is 1.49. The number of fused-ring (bicyclic) bond motifs is 1. The van der Waals surface area contributed by atoms with Gasteiger partial charge in [-0.3, -0.25) is 0 Å². The molecule has 1 aliphatic heterocycles. The highest BCUT2D eigenvalue weighted by Crippen LogP contribution is 2.48. The minimum atomic E-state index is -0.368. The lowest BCUT2D eigenvalue weighted by molar-refractivity contribution is 0.0751. The first-order valence-electron chi connectivity index (χ1n) is 3.69. The Morgan fingerprint density at radius 3 is 3.15 bits per heavy atom. The van der Waals surface area contributed by atoms with Gasteiger partial charge in [0.1, 0.15) is 5.56 Å². The summed E-state index contributed by atoms with van der Waals surface area (Å²) in [7, 11) is 3.17. The van der Waals surface area contributed by atoms with Gasteiger partial charge in [-0.25, -0.2) is 4.79 Å². The molecule has 3 heterocycles. The lowest BCUT2D eigenvalue weighted by Crippen LogP contribution is -2.00. The van der Waals surface area contributed by atoms with Crippen molar-refractivity contribution in [2.24, 2.45) is 0 Å². The van der Waals surface area contributed by atoms with Crippen molar-refractivity contribution < 1.29 is 18.7 Å². The Morgan fingerprint density at radius 2 is 2.38 bits per heavy atom. The standard InChI is InChI=1S/C8H3O4Si/c9-8-3-1-4-6(10-2-13)7(12-8)5(3)11-4/h1H,2H2. The summed E-state index contributed by atoms with van der Waals surface area (Å²) >= 11 is 0. The summed E-state index contributed by atoms with van der Waals surface area (Å²) < 4.78 is 15.4. The molecule has 0 atom stereocenters. The summed E-state index contributed by atoms with van der Waals surface area (Å²) in [6, 6.07) is 1.63. The molecule has 3 radical (unpaired) electrons. The molecule has 2 aromatic heterocycles. The lowest BCUT2D eigenvalue weighted by Gasteiger charge is -1.99. The van der Waals surface area contributed by atoms with Crippen LogP contribution < -0.4 is 9.47 Å². The molecule has 63 valence electrons. The number of benzene rings is 1. The average Bonchev–Trinajstić information content (AvgIpc) is 2.69. The molecular formula is C8H3O4Si. The van der Waals surface area contributed by atoms with Gasteiger partial charge in [0.25, 0.3) is 0 Å². The van der Waals surface area contributed by atoms with E-state index in [2.05, 4.69) is 10.2 Å². The van der Waals surface area contributed by atoms with E-state index in [0.29, 0.717) is 34.5 Å². The van der Waals surface area contributed by atoms with Crippen molar-refractivity contribution in [1.29, 1.82) is 0 Å². The molecule has 0 N–H and O–H groups in total. The third-order valence-corrected chi connectivity index (χ3v) is 2.14. The predicted octanol–water partition coefficient (Wildman–Crippen LogP) is 0.908. The van der Waals surface area contributed by atoms with Gasteiger partial charge in [0.15, 0.2) is 11.2 Å². The SMILES string of the molecule is O=C1Oc2c(OC[Si])c3cc1c2o3. The highest BCUT2D eigenvalue weighted by Gasteiger charge is 2.35. The molecule has 0 saturated carbocycles. The fraction of sp³-hybridized carbons (Fsp3) is 0.125. The summed E-state index contributed by atoms with van der Waals surface area (Å²) in [5, 5.41) is 0. The van der Waals surface area contributed by atoms with Crippen molar-refractivity contribution in [3.8, 4) is 11.5 Å². The van der Waals surface area contributed by atoms with Crippen LogP contribution in [0.2, 0.25) is 0 Å². The summed E-state index contributed by atoms with van der Waals surface area (Å²) in [6.45, 7) is 0. The van der Waals surface area contributed by atoms with Gasteiger partial charge >= 0.3 is 5.97 Å². The number of carbonyl (C=O) groups excluding carboxylic acids is 1. The molecule has 2 bridgehead atoms. The van der Waals surface area contributed by atoms with E-state index in [4.69, 9.17) is 13.9 Å². The molecule has 5 heteroatoms. The first-order valence-corrected chi connectivity index (χ1v) is 4.40. The molecule has 0 amide bonds. The van der Waals surface area contributed by atoms with Crippen molar-refractivity contribution in [1.82, 2.24) is 0 Å². The van der Waals surface area contributed by atoms with E-state index >= 15 is 0 Å². The second kappa shape index (κ2) is 2.05. The van der Waals surface area contributed by atoms with Crippen molar-refractivity contribution in [2.45, 2.75) is 0 Å². The van der Waals surface area contributed by atoms with Crippen LogP contribution in [0.25, 0.3) is 11.2 Å². The third kappa shape index (κ3) is 0.677. The minimum Gasteiger partial charge on any atom is -0.491 e. The van der Waals surface area contributed by atoms with Crippen LogP contribution in [0.1, 0.15) is 10.4 Å². The number of hydrogen-bond acceptors (Lipinski definition) is 4. The number of furan rings is 2. The van der Waals surface area contributed by atoms with Crippen LogP contribution in [0, 0.1) is 0 Å². The Morgan fingerprint density at radius 1 is 1.54 bits per heavy atom. The molecule has 0 aromatic carbocycles. The molecule has 2 aromatic rings. The van der Waals surface area contributed by atoms with E-state index in [-0.39, 0.29) is 5.97 Å². The smallest absolute Gasteiger partial charge is 0.347 e. The van der Waals surface area contributed by atoms with Crippen LogP contribution >= 0.6 is 0 Å². The molecule has 3 rings (SSSR count). The molecule has 1 aliphatic rings. The number of rotatable bonds is 2. The Bertz CT molecular complexity index is 487. The van der Waals surface area contributed by atoms with Gasteiger partial charge < -0.3 is 13.9 Å². The number of ether oxygens (including phenoxy) is 2. The summed E-state index contributed by atoms with van der Waals surface area (Å²) in [6.07, 6.45) is 0.333. The van der Waals surface area contributed by atoms with Crippen LogP contribution in [-0.2, 0) is 0 Å². The molecule has 4 nitrogen and oxygen atoms in total. The number of hydrogen-bond donors (Lipinski definition) is 0. The van der Waals surface area contributed by atoms with Crippen molar-refractivity contribution in [3.63, 3.8) is 0 Å². The Kier molecular flexibility index (Phi) is 1.10. The zero-order valence-corrected chi connectivity index (χ0v) is 7.42. The van der Waals surface area contributed by atoms with E-state index < -0.39 is 0 Å². The van der Waals surface area contributed by atoms with Crippen LogP contribution in [0.3, 0.4) is 0 Å². The Balaban J connectivity index is 2.27. The normalized spacial score (nSPS) is 14.1. The predicted molar refractivity (Wildman–Crippen MR) is 43.6 cm³/mol. The highest BCUT2D eigenvalue weighted by atomic mass is 28.1. The minimum absolute atomic E-state index is 0.333. The van der Waals surface area contributed by atoms with E-state index in [1.807, 2.05) is 0 Å². The topological polar surface area (TPSA) is 48.7 Å². The largest absolute Gasteiger partial charge is 0.491 e. The molecule has 0 spiro atoms. The van der Waals surface area contributed by atoms with E-state index in [1.165, 1.54) is 0 Å². The van der Waals surface area contributed by atoms with Gasteiger partial charge in [-0.05, 0) is 0 Å². The maximum atomic E-state index is 11.1. The van der Waals surface area contributed by atoms with Crippen LogP contribution in [-0.4, -0.2) is 22.4 Å². The van der Waals surface area contributed by atoms with Gasteiger partial charge in [0, 0.05) is 6.07 Å². The summed E-state index contributed by atoms with van der Waals surface area (Å²) in [4.78, 5) is 11.1. The maximum absolute atomic E-state index is 11.1. The quantitative estimate of drug-likeness (QED) is 0.523. The second-order valence-electron chi connectivity index (χ2n) is 2.69. The zero-order valence-electron chi connectivity index (χ0n) is 6.42. The fourth-order valence-corrected chi connectivity index (χ4v) is 1.63. The van der Waals surface area contributed by atoms with Crippen molar-refractivity contribution in [2.75, 3.05) is 6.23 Å². The van der Waals surface area contributed by atoms with Crippen LogP contribution in [0.5, 0.6) is 11.5 Å². The molecule has 0 unspecified atom stereocenters. The number of esters is 1. The molecular weight excluding hydrogens is 188 g/mol. The summed E-state index contributed by atoms with van der Waals surface area (Å²) in [5.41, 5.74) is 1.55. The maximum Gasteiger partial charge on any atom is 0.347 e. The first-order chi connectivity index (χ1) is 6.31. The van der Waals surface area contributed by atoms with Gasteiger partial charge in [-0.1, -0.05) is 0 Å². The lowest BCUT2D eigenvalue weighted by atomic mass is 10.2. The molecule has 0 saturated heterocycles. The van der Waals surface area contributed by atoms with Crippen LogP contribution in [0.4, 0.5) is 0 Å². The first kappa shape index (κ1) is 6.96. The van der Waals surface area contributed by atoms with E-state index in [1.54, 1.807) is 6.07 Å². The number of carbonyl (C=O) groups is 1. The van der Waals surface area contributed by atoms with E-state index in [9.17, 15) is 4.79 Å². The molecule has 13 heavy (non-hydrogen) atoms. The van der Waals surface area contributed by atoms with Gasteiger partial charge in [-0.15, -0.1) is 0 Å². The van der Waals surface area contributed by atoms with Gasteiger partial charge in [0.05, 0.1) is 16.5 Å². The van der Waals surface area contributed by atoms with Crippen molar-refractivity contribution in [3.05, 3.63) is 11.6 Å². The Labute approximate surface area is 76.2 Å². The van der Waals surface area contributed by atoms with Gasteiger partial charge in [-0.2, -0.15) is 0 Å². The van der Waals surface area contributed by atoms with Gasteiger partial charge in [0.2, 0.25) is 11.5 Å². The van der Waals surface area contributed by atoms with E-state index in [0.717, 1.165) is 0 Å².